The minimum Gasteiger partial charge on any atom is -0.352 e. The third kappa shape index (κ3) is 4.47. The molecule has 0 atom stereocenters. The fourth-order valence-corrected chi connectivity index (χ4v) is 2.65. The van der Waals surface area contributed by atoms with Gasteiger partial charge >= 0.3 is 0 Å². The highest BCUT2D eigenvalue weighted by Crippen LogP contribution is 2.08. The van der Waals surface area contributed by atoms with Gasteiger partial charge in [-0.25, -0.2) is 9.97 Å². The number of imidazole rings is 1. The van der Waals surface area contributed by atoms with E-state index in [2.05, 4.69) is 59.5 Å². The van der Waals surface area contributed by atoms with Crippen molar-refractivity contribution < 1.29 is 0 Å². The average molecular weight is 352 g/mol. The van der Waals surface area contributed by atoms with Crippen molar-refractivity contribution in [1.29, 1.82) is 0 Å². The van der Waals surface area contributed by atoms with E-state index < -0.39 is 0 Å². The van der Waals surface area contributed by atoms with Crippen molar-refractivity contribution >= 4 is 5.96 Å². The fraction of sp³-hybridized carbons (Fsp3) is 0.333. The Hall–Kier alpha value is -3.16. The second-order valence-electron chi connectivity index (χ2n) is 6.00. The maximum absolute atomic E-state index is 4.27. The Morgan fingerprint density at radius 2 is 1.96 bits per heavy atom. The lowest BCUT2D eigenvalue weighted by molar-refractivity contribution is 0.672. The summed E-state index contributed by atoms with van der Waals surface area (Å²) in [7, 11) is 3.62. The number of hydrogen-bond donors (Lipinski definition) is 2. The SMILES string of the molecule is CN=C(NCc1cccc(Cn2ccnc2C)c1)NCc1ncnn1C. The molecule has 0 radical (unpaired) electrons. The summed E-state index contributed by atoms with van der Waals surface area (Å²) in [5.74, 6) is 2.59. The molecular formula is C18H24N8. The summed E-state index contributed by atoms with van der Waals surface area (Å²) >= 11 is 0. The van der Waals surface area contributed by atoms with Gasteiger partial charge in [-0.2, -0.15) is 5.10 Å². The van der Waals surface area contributed by atoms with Crippen molar-refractivity contribution in [3.63, 3.8) is 0 Å². The third-order valence-electron chi connectivity index (χ3n) is 4.17. The summed E-state index contributed by atoms with van der Waals surface area (Å²) < 4.78 is 3.87. The summed E-state index contributed by atoms with van der Waals surface area (Å²) in [6.07, 6.45) is 5.37. The summed E-state index contributed by atoms with van der Waals surface area (Å²) in [5, 5.41) is 10.6. The van der Waals surface area contributed by atoms with E-state index in [1.807, 2.05) is 26.4 Å². The molecule has 0 aliphatic carbocycles. The normalized spacial score (nSPS) is 11.6. The standard InChI is InChI=1S/C18H24N8/c1-14-20-7-8-26(14)12-16-6-4-5-15(9-16)10-21-18(19-2)22-11-17-23-13-24-25(17)3/h4-9,13H,10-12H2,1-3H3,(H2,19,21,22). The molecule has 2 aromatic heterocycles. The molecule has 26 heavy (non-hydrogen) atoms. The van der Waals surface area contributed by atoms with Gasteiger partial charge in [-0.1, -0.05) is 24.3 Å². The van der Waals surface area contributed by atoms with Gasteiger partial charge < -0.3 is 15.2 Å². The number of aromatic nitrogens is 5. The molecular weight excluding hydrogens is 328 g/mol. The molecule has 8 heteroatoms. The molecule has 136 valence electrons. The van der Waals surface area contributed by atoms with Gasteiger partial charge in [0.1, 0.15) is 18.0 Å². The quantitative estimate of drug-likeness (QED) is 0.515. The van der Waals surface area contributed by atoms with Crippen LogP contribution in [0.25, 0.3) is 0 Å². The Morgan fingerprint density at radius 1 is 1.15 bits per heavy atom. The van der Waals surface area contributed by atoms with Crippen LogP contribution in [0, 0.1) is 6.92 Å². The summed E-state index contributed by atoms with van der Waals surface area (Å²) in [5.41, 5.74) is 2.44. The van der Waals surface area contributed by atoms with E-state index in [-0.39, 0.29) is 0 Å². The first-order valence-electron chi connectivity index (χ1n) is 8.48. The molecule has 2 heterocycles. The Morgan fingerprint density at radius 3 is 2.65 bits per heavy atom. The molecule has 2 N–H and O–H groups in total. The van der Waals surface area contributed by atoms with Crippen LogP contribution in [0.4, 0.5) is 0 Å². The zero-order valence-electron chi connectivity index (χ0n) is 15.3. The second-order valence-corrected chi connectivity index (χ2v) is 6.00. The molecule has 0 saturated carbocycles. The largest absolute Gasteiger partial charge is 0.352 e. The van der Waals surface area contributed by atoms with Gasteiger partial charge in [-0.15, -0.1) is 0 Å². The van der Waals surface area contributed by atoms with Crippen molar-refractivity contribution in [2.24, 2.45) is 12.0 Å². The van der Waals surface area contributed by atoms with Crippen LogP contribution in [0.3, 0.4) is 0 Å². The predicted octanol–water partition coefficient (Wildman–Crippen LogP) is 1.23. The van der Waals surface area contributed by atoms with Crippen LogP contribution < -0.4 is 10.6 Å². The highest BCUT2D eigenvalue weighted by Gasteiger charge is 2.04. The van der Waals surface area contributed by atoms with Crippen LogP contribution in [0.2, 0.25) is 0 Å². The van der Waals surface area contributed by atoms with Crippen molar-refractivity contribution in [3.8, 4) is 0 Å². The maximum Gasteiger partial charge on any atom is 0.191 e. The molecule has 0 bridgehead atoms. The molecule has 1 aromatic carbocycles. The van der Waals surface area contributed by atoms with Crippen LogP contribution in [0.5, 0.6) is 0 Å². The maximum atomic E-state index is 4.27. The Labute approximate surface area is 153 Å². The van der Waals surface area contributed by atoms with Crippen LogP contribution in [-0.4, -0.2) is 37.3 Å². The third-order valence-corrected chi connectivity index (χ3v) is 4.17. The molecule has 0 fully saturated rings. The topological polar surface area (TPSA) is 84.9 Å². The van der Waals surface area contributed by atoms with Gasteiger partial charge in [-0.05, 0) is 18.1 Å². The van der Waals surface area contributed by atoms with E-state index in [9.17, 15) is 0 Å². The van der Waals surface area contributed by atoms with E-state index in [4.69, 9.17) is 0 Å². The van der Waals surface area contributed by atoms with Gasteiger partial charge in [0, 0.05) is 39.6 Å². The fourth-order valence-electron chi connectivity index (χ4n) is 2.65. The van der Waals surface area contributed by atoms with E-state index in [1.165, 1.54) is 11.1 Å². The number of rotatable bonds is 6. The van der Waals surface area contributed by atoms with Crippen molar-refractivity contribution in [1.82, 2.24) is 34.9 Å². The number of aryl methyl sites for hydroxylation is 2. The van der Waals surface area contributed by atoms with E-state index in [1.54, 1.807) is 18.1 Å². The Balaban J connectivity index is 1.55. The van der Waals surface area contributed by atoms with Crippen LogP contribution in [0.15, 0.2) is 48.0 Å². The summed E-state index contributed by atoms with van der Waals surface area (Å²) in [4.78, 5) is 12.7. The molecule has 0 saturated heterocycles. The van der Waals surface area contributed by atoms with Crippen molar-refractivity contribution in [3.05, 3.63) is 65.8 Å². The lowest BCUT2D eigenvalue weighted by Crippen LogP contribution is -2.36. The molecule has 3 aromatic rings. The van der Waals surface area contributed by atoms with Crippen molar-refractivity contribution in [2.45, 2.75) is 26.6 Å². The monoisotopic (exact) mass is 352 g/mol. The van der Waals surface area contributed by atoms with E-state index in [0.717, 1.165) is 24.2 Å². The highest BCUT2D eigenvalue weighted by molar-refractivity contribution is 5.79. The first kappa shape index (κ1) is 17.7. The second kappa shape index (κ2) is 8.28. The first-order valence-corrected chi connectivity index (χ1v) is 8.48. The van der Waals surface area contributed by atoms with Crippen LogP contribution in [-0.2, 0) is 26.7 Å². The highest BCUT2D eigenvalue weighted by atomic mass is 15.3. The molecule has 8 nitrogen and oxygen atoms in total. The Bertz CT molecular complexity index is 877. The summed E-state index contributed by atoms with van der Waals surface area (Å²) in [6, 6.07) is 8.51. The Kier molecular flexibility index (Phi) is 5.62. The number of hydrogen-bond acceptors (Lipinski definition) is 4. The van der Waals surface area contributed by atoms with Gasteiger partial charge in [0.05, 0.1) is 6.54 Å². The number of benzene rings is 1. The number of aliphatic imine (C=N–C) groups is 1. The minimum absolute atomic E-state index is 0.566. The molecule has 0 aliphatic rings. The number of nitrogens with zero attached hydrogens (tertiary/aromatic N) is 6. The van der Waals surface area contributed by atoms with Gasteiger partial charge in [0.2, 0.25) is 0 Å². The van der Waals surface area contributed by atoms with E-state index >= 15 is 0 Å². The van der Waals surface area contributed by atoms with Gasteiger partial charge in [-0.3, -0.25) is 9.67 Å². The smallest absolute Gasteiger partial charge is 0.191 e. The van der Waals surface area contributed by atoms with Crippen molar-refractivity contribution in [2.75, 3.05) is 7.05 Å². The van der Waals surface area contributed by atoms with Gasteiger partial charge in [0.25, 0.3) is 0 Å². The summed E-state index contributed by atoms with van der Waals surface area (Å²) in [6.45, 7) is 4.09. The average Bonchev–Trinajstić information content (AvgIpc) is 3.24. The van der Waals surface area contributed by atoms with E-state index in [0.29, 0.717) is 13.1 Å². The molecule has 0 amide bonds. The predicted molar refractivity (Wildman–Crippen MR) is 101 cm³/mol. The minimum atomic E-state index is 0.566. The lowest BCUT2D eigenvalue weighted by Gasteiger charge is -2.12. The zero-order valence-corrected chi connectivity index (χ0v) is 15.3. The lowest BCUT2D eigenvalue weighted by atomic mass is 10.1. The van der Waals surface area contributed by atoms with Gasteiger partial charge in [0.15, 0.2) is 5.96 Å². The number of guanidine groups is 1. The molecule has 0 aliphatic heterocycles. The molecule has 3 rings (SSSR count). The van der Waals surface area contributed by atoms with Crippen LogP contribution >= 0.6 is 0 Å². The van der Waals surface area contributed by atoms with Crippen LogP contribution in [0.1, 0.15) is 22.8 Å². The molecule has 0 unspecified atom stereocenters. The number of nitrogens with one attached hydrogen (secondary N) is 2. The molecule has 0 spiro atoms. The first-order chi connectivity index (χ1) is 12.7. The zero-order chi connectivity index (χ0) is 18.4.